The lowest BCUT2D eigenvalue weighted by Crippen LogP contribution is -2.13. The fourth-order valence-corrected chi connectivity index (χ4v) is 2.54. The van der Waals surface area contributed by atoms with Crippen molar-refractivity contribution in [2.45, 2.75) is 19.4 Å². The summed E-state index contributed by atoms with van der Waals surface area (Å²) >= 11 is 5.94. The number of amides is 1. The van der Waals surface area contributed by atoms with E-state index in [4.69, 9.17) is 11.6 Å². The number of benzene rings is 1. The molecule has 6 heteroatoms. The van der Waals surface area contributed by atoms with Gasteiger partial charge in [0.25, 0.3) is 0 Å². The van der Waals surface area contributed by atoms with Crippen LogP contribution < -0.4 is 5.32 Å². The van der Waals surface area contributed by atoms with Crippen molar-refractivity contribution in [2.75, 3.05) is 5.32 Å². The van der Waals surface area contributed by atoms with Gasteiger partial charge in [-0.2, -0.15) is 5.10 Å². The molecule has 0 bridgehead atoms. The highest BCUT2D eigenvalue weighted by atomic mass is 35.5. The normalized spacial score (nSPS) is 10.5. The van der Waals surface area contributed by atoms with Gasteiger partial charge in [-0.1, -0.05) is 29.8 Å². The Kier molecular flexibility index (Phi) is 5.23. The maximum absolute atomic E-state index is 12.0. The van der Waals surface area contributed by atoms with Crippen LogP contribution in [0.25, 0.3) is 0 Å². The minimum absolute atomic E-state index is 0.0712. The van der Waals surface area contributed by atoms with Crippen LogP contribution in [0.4, 0.5) is 5.82 Å². The lowest BCUT2D eigenvalue weighted by molar-refractivity contribution is -0.116. The summed E-state index contributed by atoms with van der Waals surface area (Å²) < 4.78 is 1.74. The zero-order valence-corrected chi connectivity index (χ0v) is 13.8. The van der Waals surface area contributed by atoms with Crippen LogP contribution in [0.15, 0.2) is 60.9 Å². The molecule has 0 saturated heterocycles. The summed E-state index contributed by atoms with van der Waals surface area (Å²) in [6.45, 7) is 0.569. The first kappa shape index (κ1) is 16.2. The first-order valence-electron chi connectivity index (χ1n) is 7.67. The van der Waals surface area contributed by atoms with Crippen LogP contribution in [0.2, 0.25) is 5.02 Å². The minimum Gasteiger partial charge on any atom is -0.309 e. The molecule has 122 valence electrons. The maximum atomic E-state index is 12.0. The Morgan fingerprint density at radius 1 is 1.17 bits per heavy atom. The second-order valence-electron chi connectivity index (χ2n) is 5.40. The number of hydrogen-bond donors (Lipinski definition) is 1. The van der Waals surface area contributed by atoms with Crippen molar-refractivity contribution in [3.63, 3.8) is 0 Å². The first-order chi connectivity index (χ1) is 11.7. The summed E-state index contributed by atoms with van der Waals surface area (Å²) in [6, 6.07) is 15.1. The third-order valence-corrected chi connectivity index (χ3v) is 3.72. The number of carbonyl (C=O) groups is 1. The van der Waals surface area contributed by atoms with Crippen molar-refractivity contribution in [1.82, 2.24) is 14.8 Å². The number of pyridine rings is 1. The van der Waals surface area contributed by atoms with E-state index in [1.54, 1.807) is 16.9 Å². The monoisotopic (exact) mass is 340 g/mol. The Morgan fingerprint density at radius 2 is 2.08 bits per heavy atom. The summed E-state index contributed by atoms with van der Waals surface area (Å²) in [7, 11) is 0. The van der Waals surface area contributed by atoms with E-state index in [1.807, 2.05) is 48.7 Å². The highest BCUT2D eigenvalue weighted by molar-refractivity contribution is 6.30. The predicted octanol–water partition coefficient (Wildman–Crippen LogP) is 3.55. The molecule has 3 rings (SSSR count). The van der Waals surface area contributed by atoms with Gasteiger partial charge >= 0.3 is 0 Å². The molecule has 5 nitrogen and oxygen atoms in total. The van der Waals surface area contributed by atoms with E-state index in [0.717, 1.165) is 11.3 Å². The third-order valence-electron chi connectivity index (χ3n) is 3.49. The Hall–Kier alpha value is -2.66. The van der Waals surface area contributed by atoms with Crippen LogP contribution in [-0.2, 0) is 17.8 Å². The van der Waals surface area contributed by atoms with Crippen LogP contribution >= 0.6 is 11.6 Å². The average molecular weight is 341 g/mol. The molecule has 0 fully saturated rings. The summed E-state index contributed by atoms with van der Waals surface area (Å²) in [6.07, 6.45) is 4.59. The second kappa shape index (κ2) is 7.75. The molecule has 0 aliphatic rings. The van der Waals surface area contributed by atoms with E-state index in [9.17, 15) is 4.79 Å². The Bertz CT molecular complexity index is 817. The average Bonchev–Trinajstić information content (AvgIpc) is 3.01. The summed E-state index contributed by atoms with van der Waals surface area (Å²) in [5.41, 5.74) is 1.96. The van der Waals surface area contributed by atoms with Gasteiger partial charge in [-0.15, -0.1) is 0 Å². The molecule has 0 aliphatic carbocycles. The Morgan fingerprint density at radius 3 is 2.88 bits per heavy atom. The van der Waals surface area contributed by atoms with E-state index in [0.29, 0.717) is 30.2 Å². The summed E-state index contributed by atoms with van der Waals surface area (Å²) in [5.74, 6) is 0.472. The molecule has 1 aromatic carbocycles. The number of aromatic nitrogens is 3. The quantitative estimate of drug-likeness (QED) is 0.746. The predicted molar refractivity (Wildman–Crippen MR) is 94.0 cm³/mol. The molecule has 0 aliphatic heterocycles. The van der Waals surface area contributed by atoms with Crippen molar-refractivity contribution in [1.29, 1.82) is 0 Å². The van der Waals surface area contributed by atoms with Crippen LogP contribution in [0, 0.1) is 0 Å². The SMILES string of the molecule is O=C(CCc1cccc(Cl)c1)Nc1ccn(Cc2ccccn2)n1. The molecule has 0 saturated carbocycles. The zero-order chi connectivity index (χ0) is 16.8. The van der Waals surface area contributed by atoms with Gasteiger partial charge in [-0.05, 0) is 36.2 Å². The summed E-state index contributed by atoms with van der Waals surface area (Å²) in [5, 5.41) is 7.83. The molecule has 3 aromatic rings. The van der Waals surface area contributed by atoms with E-state index in [2.05, 4.69) is 15.4 Å². The topological polar surface area (TPSA) is 59.8 Å². The number of halogens is 1. The van der Waals surface area contributed by atoms with Gasteiger partial charge < -0.3 is 5.32 Å². The minimum atomic E-state index is -0.0712. The smallest absolute Gasteiger partial charge is 0.225 e. The molecule has 0 radical (unpaired) electrons. The van der Waals surface area contributed by atoms with Crippen molar-refractivity contribution < 1.29 is 4.79 Å². The van der Waals surface area contributed by atoms with Gasteiger partial charge in [0, 0.05) is 29.9 Å². The Labute approximate surface area is 145 Å². The number of nitrogens with zero attached hydrogens (tertiary/aromatic N) is 3. The van der Waals surface area contributed by atoms with Gasteiger partial charge in [-0.25, -0.2) is 0 Å². The fraction of sp³-hybridized carbons (Fsp3) is 0.167. The number of nitrogens with one attached hydrogen (secondary N) is 1. The zero-order valence-electron chi connectivity index (χ0n) is 13.0. The van der Waals surface area contributed by atoms with Gasteiger partial charge in [0.2, 0.25) is 5.91 Å². The van der Waals surface area contributed by atoms with E-state index in [1.165, 1.54) is 0 Å². The number of anilines is 1. The number of aryl methyl sites for hydroxylation is 1. The maximum Gasteiger partial charge on any atom is 0.225 e. The lowest BCUT2D eigenvalue weighted by atomic mass is 10.1. The second-order valence-corrected chi connectivity index (χ2v) is 5.83. The van der Waals surface area contributed by atoms with Gasteiger partial charge in [-0.3, -0.25) is 14.5 Å². The fourth-order valence-electron chi connectivity index (χ4n) is 2.33. The van der Waals surface area contributed by atoms with Crippen molar-refractivity contribution >= 4 is 23.3 Å². The largest absolute Gasteiger partial charge is 0.309 e. The lowest BCUT2D eigenvalue weighted by Gasteiger charge is -2.03. The molecule has 24 heavy (non-hydrogen) atoms. The molecular weight excluding hydrogens is 324 g/mol. The van der Waals surface area contributed by atoms with Crippen molar-refractivity contribution in [3.05, 3.63) is 77.2 Å². The van der Waals surface area contributed by atoms with Crippen molar-refractivity contribution in [3.8, 4) is 0 Å². The molecule has 0 unspecified atom stereocenters. The van der Waals surface area contributed by atoms with E-state index in [-0.39, 0.29) is 5.91 Å². The number of rotatable bonds is 6. The van der Waals surface area contributed by atoms with Crippen LogP contribution in [-0.4, -0.2) is 20.7 Å². The molecule has 2 heterocycles. The van der Waals surface area contributed by atoms with Gasteiger partial charge in [0.05, 0.1) is 12.2 Å². The highest BCUT2D eigenvalue weighted by Crippen LogP contribution is 2.13. The molecule has 0 spiro atoms. The molecule has 1 N–H and O–H groups in total. The van der Waals surface area contributed by atoms with Gasteiger partial charge in [0.15, 0.2) is 5.82 Å². The standard InChI is InChI=1S/C18H17ClN4O/c19-15-5-3-4-14(12-15)7-8-18(24)21-17-9-11-23(22-17)13-16-6-1-2-10-20-16/h1-6,9-12H,7-8,13H2,(H,21,22,24). The molecular formula is C18H17ClN4O. The van der Waals surface area contributed by atoms with Crippen LogP contribution in [0.5, 0.6) is 0 Å². The number of carbonyl (C=O) groups excluding carboxylic acids is 1. The van der Waals surface area contributed by atoms with E-state index < -0.39 is 0 Å². The molecule has 1 amide bonds. The van der Waals surface area contributed by atoms with E-state index >= 15 is 0 Å². The summed E-state index contributed by atoms with van der Waals surface area (Å²) in [4.78, 5) is 16.3. The molecule has 2 aromatic heterocycles. The molecule has 0 atom stereocenters. The van der Waals surface area contributed by atoms with Crippen LogP contribution in [0.3, 0.4) is 0 Å². The number of hydrogen-bond acceptors (Lipinski definition) is 3. The van der Waals surface area contributed by atoms with Gasteiger partial charge in [0.1, 0.15) is 0 Å². The first-order valence-corrected chi connectivity index (χ1v) is 8.04. The van der Waals surface area contributed by atoms with Crippen molar-refractivity contribution in [2.24, 2.45) is 0 Å². The van der Waals surface area contributed by atoms with Crippen LogP contribution in [0.1, 0.15) is 17.7 Å². The third kappa shape index (κ3) is 4.67. The highest BCUT2D eigenvalue weighted by Gasteiger charge is 2.06. The Balaban J connectivity index is 1.51.